The Morgan fingerprint density at radius 1 is 1.53 bits per heavy atom. The van der Waals surface area contributed by atoms with E-state index < -0.39 is 5.60 Å². The van der Waals surface area contributed by atoms with E-state index in [1.807, 2.05) is 13.8 Å². The Bertz CT molecular complexity index is 250. The Hall–Kier alpha value is -0.810. The van der Waals surface area contributed by atoms with Gasteiger partial charge in [-0.25, -0.2) is 4.79 Å². The predicted octanol–water partition coefficient (Wildman–Crippen LogP) is 0.825. The van der Waals surface area contributed by atoms with Gasteiger partial charge in [0, 0.05) is 19.6 Å². The first-order chi connectivity index (χ1) is 7.97. The van der Waals surface area contributed by atoms with Crippen LogP contribution >= 0.6 is 0 Å². The fourth-order valence-electron chi connectivity index (χ4n) is 1.75. The van der Waals surface area contributed by atoms with Crippen LogP contribution in [0.1, 0.15) is 27.2 Å². The first-order valence-electron chi connectivity index (χ1n) is 6.30. The van der Waals surface area contributed by atoms with Gasteiger partial charge in [-0.1, -0.05) is 20.3 Å². The van der Waals surface area contributed by atoms with E-state index in [-0.39, 0.29) is 18.5 Å². The Morgan fingerprint density at radius 3 is 2.65 bits per heavy atom. The highest BCUT2D eigenvalue weighted by atomic mass is 16.5. The normalized spacial score (nSPS) is 21.8. The molecule has 5 heteroatoms. The Labute approximate surface area is 103 Å². The monoisotopic (exact) mass is 244 g/mol. The molecule has 1 rings (SSSR count). The third-order valence-electron chi connectivity index (χ3n) is 3.57. The molecule has 0 aromatic carbocycles. The van der Waals surface area contributed by atoms with Crippen molar-refractivity contribution in [3.05, 3.63) is 0 Å². The standard InChI is InChI=1S/C12H24N2O3/c1-4-10(2)12(3,16)9-13-11(15)14-5-7-17-8-6-14/h10,16H,4-9H2,1-3H3,(H,13,15). The van der Waals surface area contributed by atoms with Crippen molar-refractivity contribution >= 4 is 6.03 Å². The van der Waals surface area contributed by atoms with Crippen LogP contribution in [0.3, 0.4) is 0 Å². The third-order valence-corrected chi connectivity index (χ3v) is 3.57. The average Bonchev–Trinajstić information content (AvgIpc) is 2.36. The summed E-state index contributed by atoms with van der Waals surface area (Å²) < 4.78 is 5.18. The quantitative estimate of drug-likeness (QED) is 0.770. The number of nitrogens with one attached hydrogen (secondary N) is 1. The van der Waals surface area contributed by atoms with Crippen molar-refractivity contribution < 1.29 is 14.6 Å². The Morgan fingerprint density at radius 2 is 2.12 bits per heavy atom. The second kappa shape index (κ2) is 6.21. The van der Waals surface area contributed by atoms with Crippen LogP contribution in [0.4, 0.5) is 4.79 Å². The fourth-order valence-corrected chi connectivity index (χ4v) is 1.75. The van der Waals surface area contributed by atoms with E-state index in [0.29, 0.717) is 26.3 Å². The topological polar surface area (TPSA) is 61.8 Å². The number of carbonyl (C=O) groups excluding carboxylic acids is 1. The molecular weight excluding hydrogens is 220 g/mol. The lowest BCUT2D eigenvalue weighted by atomic mass is 9.89. The summed E-state index contributed by atoms with van der Waals surface area (Å²) in [6, 6.07) is -0.114. The van der Waals surface area contributed by atoms with E-state index in [0.717, 1.165) is 6.42 Å². The van der Waals surface area contributed by atoms with Crippen molar-refractivity contribution in [2.45, 2.75) is 32.8 Å². The molecule has 0 aromatic heterocycles. The summed E-state index contributed by atoms with van der Waals surface area (Å²) in [6.45, 7) is 8.50. The maximum atomic E-state index is 11.8. The van der Waals surface area contributed by atoms with Gasteiger partial charge in [-0.05, 0) is 12.8 Å². The number of rotatable bonds is 4. The largest absolute Gasteiger partial charge is 0.388 e. The van der Waals surface area contributed by atoms with Gasteiger partial charge in [-0.3, -0.25) is 0 Å². The van der Waals surface area contributed by atoms with Gasteiger partial charge in [0.15, 0.2) is 0 Å². The van der Waals surface area contributed by atoms with E-state index in [9.17, 15) is 9.90 Å². The summed E-state index contributed by atoms with van der Waals surface area (Å²) in [6.07, 6.45) is 0.889. The predicted molar refractivity (Wildman–Crippen MR) is 65.9 cm³/mol. The molecule has 100 valence electrons. The zero-order chi connectivity index (χ0) is 12.9. The minimum Gasteiger partial charge on any atom is -0.388 e. The molecule has 0 aliphatic carbocycles. The van der Waals surface area contributed by atoms with Crippen molar-refractivity contribution in [2.75, 3.05) is 32.8 Å². The maximum absolute atomic E-state index is 11.8. The van der Waals surface area contributed by atoms with E-state index in [1.165, 1.54) is 0 Å². The molecule has 1 aliphatic heterocycles. The average molecular weight is 244 g/mol. The van der Waals surface area contributed by atoms with Gasteiger partial charge >= 0.3 is 6.03 Å². The van der Waals surface area contributed by atoms with E-state index >= 15 is 0 Å². The van der Waals surface area contributed by atoms with Crippen molar-refractivity contribution in [3.8, 4) is 0 Å². The molecule has 0 spiro atoms. The fraction of sp³-hybridized carbons (Fsp3) is 0.917. The Balaban J connectivity index is 2.36. The molecular formula is C12H24N2O3. The van der Waals surface area contributed by atoms with Crippen LogP contribution in [0.25, 0.3) is 0 Å². The highest BCUT2D eigenvalue weighted by Gasteiger charge is 2.28. The van der Waals surface area contributed by atoms with E-state index in [2.05, 4.69) is 5.32 Å². The van der Waals surface area contributed by atoms with E-state index in [4.69, 9.17) is 4.74 Å². The highest BCUT2D eigenvalue weighted by molar-refractivity contribution is 5.74. The summed E-state index contributed by atoms with van der Waals surface area (Å²) in [4.78, 5) is 13.5. The molecule has 2 N–H and O–H groups in total. The zero-order valence-corrected chi connectivity index (χ0v) is 11.0. The first kappa shape index (κ1) is 14.3. The second-order valence-corrected chi connectivity index (χ2v) is 4.92. The van der Waals surface area contributed by atoms with Crippen LogP contribution in [0.15, 0.2) is 0 Å². The van der Waals surface area contributed by atoms with Gasteiger partial charge in [-0.15, -0.1) is 0 Å². The molecule has 0 aromatic rings. The van der Waals surface area contributed by atoms with Crippen LogP contribution in [-0.2, 0) is 4.74 Å². The number of urea groups is 1. The summed E-state index contributed by atoms with van der Waals surface area (Å²) in [5.74, 6) is 0.160. The molecule has 1 heterocycles. The zero-order valence-electron chi connectivity index (χ0n) is 11.0. The molecule has 0 bridgehead atoms. The lowest BCUT2D eigenvalue weighted by Crippen LogP contribution is -2.51. The molecule has 5 nitrogen and oxygen atoms in total. The number of aliphatic hydroxyl groups is 1. The molecule has 2 amide bonds. The molecule has 1 aliphatic rings. The molecule has 0 radical (unpaired) electrons. The summed E-state index contributed by atoms with van der Waals surface area (Å²) >= 11 is 0. The number of amides is 2. The van der Waals surface area contributed by atoms with Gasteiger partial charge < -0.3 is 20.1 Å². The number of hydrogen-bond donors (Lipinski definition) is 2. The number of ether oxygens (including phenoxy) is 1. The minimum absolute atomic E-state index is 0.114. The summed E-state index contributed by atoms with van der Waals surface area (Å²) in [5.41, 5.74) is -0.850. The lowest BCUT2D eigenvalue weighted by molar-refractivity contribution is 0.00483. The van der Waals surface area contributed by atoms with Gasteiger partial charge in [-0.2, -0.15) is 0 Å². The number of nitrogens with zero attached hydrogens (tertiary/aromatic N) is 1. The smallest absolute Gasteiger partial charge is 0.317 e. The number of carbonyl (C=O) groups is 1. The molecule has 2 atom stereocenters. The van der Waals surface area contributed by atoms with Crippen LogP contribution in [0.5, 0.6) is 0 Å². The second-order valence-electron chi connectivity index (χ2n) is 4.92. The van der Waals surface area contributed by atoms with Crippen LogP contribution in [-0.4, -0.2) is 54.5 Å². The maximum Gasteiger partial charge on any atom is 0.317 e. The Kier molecular flexibility index (Phi) is 5.21. The molecule has 1 fully saturated rings. The molecule has 1 saturated heterocycles. The highest BCUT2D eigenvalue weighted by Crippen LogP contribution is 2.18. The molecule has 17 heavy (non-hydrogen) atoms. The SMILES string of the molecule is CCC(C)C(C)(O)CNC(=O)N1CCOCC1. The van der Waals surface area contributed by atoms with Crippen molar-refractivity contribution in [2.24, 2.45) is 5.92 Å². The van der Waals surface area contributed by atoms with Crippen LogP contribution < -0.4 is 5.32 Å². The van der Waals surface area contributed by atoms with Crippen LogP contribution in [0, 0.1) is 5.92 Å². The number of hydrogen-bond acceptors (Lipinski definition) is 3. The molecule has 2 unspecified atom stereocenters. The van der Waals surface area contributed by atoms with Gasteiger partial charge in [0.1, 0.15) is 0 Å². The first-order valence-corrected chi connectivity index (χ1v) is 6.30. The third kappa shape index (κ3) is 4.16. The van der Waals surface area contributed by atoms with Crippen molar-refractivity contribution in [1.29, 1.82) is 0 Å². The van der Waals surface area contributed by atoms with Crippen molar-refractivity contribution in [1.82, 2.24) is 10.2 Å². The van der Waals surface area contributed by atoms with Crippen LogP contribution in [0.2, 0.25) is 0 Å². The van der Waals surface area contributed by atoms with E-state index in [1.54, 1.807) is 11.8 Å². The van der Waals surface area contributed by atoms with Gasteiger partial charge in [0.2, 0.25) is 0 Å². The van der Waals surface area contributed by atoms with Gasteiger partial charge in [0.25, 0.3) is 0 Å². The summed E-state index contributed by atoms with van der Waals surface area (Å²) in [7, 11) is 0. The lowest BCUT2D eigenvalue weighted by Gasteiger charge is -2.32. The number of morpholine rings is 1. The summed E-state index contributed by atoms with van der Waals surface area (Å²) in [5, 5.41) is 13.0. The molecule has 0 saturated carbocycles. The van der Waals surface area contributed by atoms with Gasteiger partial charge in [0.05, 0.1) is 18.8 Å². The van der Waals surface area contributed by atoms with Crippen molar-refractivity contribution in [3.63, 3.8) is 0 Å². The minimum atomic E-state index is -0.850.